The number of halogens is 1. The van der Waals surface area contributed by atoms with Gasteiger partial charge in [0.15, 0.2) is 0 Å². The van der Waals surface area contributed by atoms with Crippen molar-refractivity contribution in [3.05, 3.63) is 120 Å². The Hall–Kier alpha value is -4.25. The van der Waals surface area contributed by atoms with Gasteiger partial charge in [0.25, 0.3) is 5.56 Å². The van der Waals surface area contributed by atoms with E-state index in [9.17, 15) is 19.6 Å². The number of aryl methyl sites for hydroxylation is 1. The molecule has 0 spiro atoms. The van der Waals surface area contributed by atoms with E-state index in [2.05, 4.69) is 6.92 Å². The number of benzene rings is 3. The normalized spacial score (nSPS) is 12.1. The van der Waals surface area contributed by atoms with Crippen LogP contribution in [0.1, 0.15) is 45.2 Å². The van der Waals surface area contributed by atoms with Crippen LogP contribution in [0.5, 0.6) is 0 Å². The lowest BCUT2D eigenvalue weighted by Gasteiger charge is -2.05. The van der Waals surface area contributed by atoms with Crippen LogP contribution in [0, 0.1) is 11.3 Å². The van der Waals surface area contributed by atoms with Crippen molar-refractivity contribution in [1.29, 1.82) is 5.26 Å². The second-order valence-electron chi connectivity index (χ2n) is 8.41. The molecule has 0 saturated carbocycles. The van der Waals surface area contributed by atoms with E-state index in [-0.39, 0.29) is 15.8 Å². The number of rotatable bonds is 7. The number of carbonyl (C=O) groups is 2. The van der Waals surface area contributed by atoms with Crippen molar-refractivity contribution in [3.8, 4) is 11.8 Å². The number of ether oxygens (including phenoxy) is 1. The fourth-order valence-corrected chi connectivity index (χ4v) is 5.14. The number of thiazole rings is 1. The van der Waals surface area contributed by atoms with Gasteiger partial charge in [-0.05, 0) is 60.0 Å². The number of aromatic nitrogens is 1. The maximum atomic E-state index is 13.6. The second-order valence-corrected chi connectivity index (χ2v) is 9.88. The van der Waals surface area contributed by atoms with E-state index in [0.29, 0.717) is 31.9 Å². The Morgan fingerprint density at radius 3 is 2.21 bits per heavy atom. The molecule has 190 valence electrons. The first-order valence-electron chi connectivity index (χ1n) is 11.8. The Kier molecular flexibility index (Phi) is 8.37. The number of nitriles is 1. The highest BCUT2D eigenvalue weighted by Crippen LogP contribution is 2.14. The highest BCUT2D eigenvalue weighted by atomic mass is 35.5. The van der Waals surface area contributed by atoms with Crippen LogP contribution in [-0.2, 0) is 11.2 Å². The van der Waals surface area contributed by atoms with Crippen LogP contribution in [-0.4, -0.2) is 23.4 Å². The molecule has 0 unspecified atom stereocenters. The summed E-state index contributed by atoms with van der Waals surface area (Å²) < 4.78 is 6.63. The first-order valence-corrected chi connectivity index (χ1v) is 13.0. The van der Waals surface area contributed by atoms with Crippen molar-refractivity contribution in [2.75, 3.05) is 7.11 Å². The summed E-state index contributed by atoms with van der Waals surface area (Å²) in [4.78, 5) is 38.8. The lowest BCUT2D eigenvalue weighted by molar-refractivity contribution is 0.0600. The van der Waals surface area contributed by atoms with Gasteiger partial charge in [-0.3, -0.25) is 14.2 Å². The summed E-state index contributed by atoms with van der Waals surface area (Å²) in [5.41, 5.74) is 2.48. The summed E-state index contributed by atoms with van der Waals surface area (Å²) in [5, 5.41) is 10.6. The van der Waals surface area contributed by atoms with Gasteiger partial charge in [0.2, 0.25) is 5.78 Å². The molecule has 1 heterocycles. The van der Waals surface area contributed by atoms with Gasteiger partial charge in [-0.1, -0.05) is 61.3 Å². The lowest BCUT2D eigenvalue weighted by atomic mass is 10.0. The summed E-state index contributed by atoms with van der Waals surface area (Å²) in [7, 11) is 1.30. The number of esters is 1. The van der Waals surface area contributed by atoms with Crippen LogP contribution >= 0.6 is 22.9 Å². The molecule has 3 aromatic carbocycles. The zero-order valence-corrected chi connectivity index (χ0v) is 22.3. The number of hydrogen-bond acceptors (Lipinski definition) is 6. The van der Waals surface area contributed by atoms with Crippen LogP contribution in [0.4, 0.5) is 0 Å². The Balaban J connectivity index is 1.93. The van der Waals surface area contributed by atoms with Crippen molar-refractivity contribution in [3.63, 3.8) is 0 Å². The van der Waals surface area contributed by atoms with Crippen molar-refractivity contribution in [2.24, 2.45) is 0 Å². The van der Waals surface area contributed by atoms with Crippen molar-refractivity contribution in [1.82, 2.24) is 4.57 Å². The molecule has 0 aliphatic rings. The van der Waals surface area contributed by atoms with E-state index < -0.39 is 11.8 Å². The standard InChI is InChI=1S/C30H23ClN2O4S/c1-3-4-19-5-9-21(10-6-19)27(34)25(18-32)29-33(24-15-13-23(31)14-16-24)28(35)26(38-29)17-20-7-11-22(12-8-20)30(36)37-2/h5-17H,3-4H2,1-2H3. The monoisotopic (exact) mass is 542 g/mol. The Morgan fingerprint density at radius 2 is 1.63 bits per heavy atom. The van der Waals surface area contributed by atoms with Gasteiger partial charge < -0.3 is 4.74 Å². The predicted molar refractivity (Wildman–Crippen MR) is 149 cm³/mol. The molecule has 0 aliphatic heterocycles. The molecule has 4 aromatic rings. The number of ketones is 1. The molecular weight excluding hydrogens is 520 g/mol. The summed E-state index contributed by atoms with van der Waals surface area (Å²) in [6, 6.07) is 22.4. The average molecular weight is 543 g/mol. The highest BCUT2D eigenvalue weighted by molar-refractivity contribution is 7.07. The third-order valence-corrected chi connectivity index (χ3v) is 7.19. The molecule has 4 rings (SSSR count). The molecule has 0 saturated heterocycles. The number of hydrogen-bond donors (Lipinski definition) is 0. The van der Waals surface area contributed by atoms with Crippen LogP contribution in [0.3, 0.4) is 0 Å². The topological polar surface area (TPSA) is 89.2 Å². The molecular formula is C30H23ClN2O4S. The van der Waals surface area contributed by atoms with Gasteiger partial charge in [-0.25, -0.2) is 4.79 Å². The first-order chi connectivity index (χ1) is 18.4. The minimum Gasteiger partial charge on any atom is -0.465 e. The quantitative estimate of drug-likeness (QED) is 0.250. The Morgan fingerprint density at radius 1 is 1.00 bits per heavy atom. The molecule has 0 aliphatic carbocycles. The van der Waals surface area contributed by atoms with Crippen LogP contribution in [0.2, 0.25) is 5.02 Å². The third kappa shape index (κ3) is 5.67. The van der Waals surface area contributed by atoms with Crippen LogP contribution in [0.25, 0.3) is 17.3 Å². The Labute approximate surface area is 228 Å². The molecule has 1 aromatic heterocycles. The average Bonchev–Trinajstić information content (AvgIpc) is 3.25. The smallest absolute Gasteiger partial charge is 0.337 e. The predicted octanol–water partition coefficient (Wildman–Crippen LogP) is 4.68. The molecule has 8 heteroatoms. The first kappa shape index (κ1) is 26.8. The molecule has 0 radical (unpaired) electrons. The van der Waals surface area contributed by atoms with Gasteiger partial charge in [-0.15, -0.1) is 11.3 Å². The maximum absolute atomic E-state index is 13.6. The fourth-order valence-electron chi connectivity index (χ4n) is 3.91. The van der Waals surface area contributed by atoms with Gasteiger partial charge in [0.05, 0.1) is 22.9 Å². The van der Waals surface area contributed by atoms with Crippen molar-refractivity contribution < 1.29 is 14.3 Å². The van der Waals surface area contributed by atoms with E-state index in [1.807, 2.05) is 18.2 Å². The van der Waals surface area contributed by atoms with E-state index in [1.54, 1.807) is 66.7 Å². The summed E-state index contributed by atoms with van der Waals surface area (Å²) in [5.74, 6) is -0.928. The highest BCUT2D eigenvalue weighted by Gasteiger charge is 2.19. The third-order valence-electron chi connectivity index (χ3n) is 5.85. The molecule has 0 amide bonds. The second kappa shape index (κ2) is 11.9. The molecule has 0 atom stereocenters. The van der Waals surface area contributed by atoms with E-state index in [4.69, 9.17) is 16.3 Å². The van der Waals surface area contributed by atoms with E-state index >= 15 is 0 Å². The molecule has 0 N–H and O–H groups in total. The van der Waals surface area contributed by atoms with Gasteiger partial charge >= 0.3 is 5.97 Å². The van der Waals surface area contributed by atoms with Gasteiger partial charge in [0.1, 0.15) is 16.3 Å². The van der Waals surface area contributed by atoms with Crippen LogP contribution in [0.15, 0.2) is 77.6 Å². The summed E-state index contributed by atoms with van der Waals surface area (Å²) in [6.45, 7) is 2.08. The fraction of sp³-hybridized carbons (Fsp3) is 0.133. The van der Waals surface area contributed by atoms with E-state index in [0.717, 1.165) is 29.7 Å². The van der Waals surface area contributed by atoms with Crippen LogP contribution < -0.4 is 14.8 Å². The van der Waals surface area contributed by atoms with Crippen molar-refractivity contribution >= 4 is 46.3 Å². The SMILES string of the molecule is CCCc1ccc(C(=O)C(C#N)=c2sc(=Cc3ccc(C(=O)OC)cc3)c(=O)n2-c2ccc(Cl)cc2)cc1. The zero-order chi connectivity index (χ0) is 27.2. The van der Waals surface area contributed by atoms with E-state index in [1.165, 1.54) is 11.7 Å². The molecule has 6 nitrogen and oxygen atoms in total. The molecule has 38 heavy (non-hydrogen) atoms. The summed E-state index contributed by atoms with van der Waals surface area (Å²) in [6.07, 6.45) is 3.53. The number of nitrogens with zero attached hydrogens (tertiary/aromatic N) is 2. The molecule has 0 bridgehead atoms. The number of carbonyl (C=O) groups excluding carboxylic acids is 2. The lowest BCUT2D eigenvalue weighted by Crippen LogP contribution is -2.31. The van der Waals surface area contributed by atoms with Gasteiger partial charge in [-0.2, -0.15) is 5.26 Å². The molecule has 0 fully saturated rings. The van der Waals surface area contributed by atoms with Crippen molar-refractivity contribution in [2.45, 2.75) is 19.8 Å². The van der Waals surface area contributed by atoms with Gasteiger partial charge in [0, 0.05) is 10.6 Å². The minimum atomic E-state index is -0.464. The zero-order valence-electron chi connectivity index (χ0n) is 20.7. The Bertz CT molecular complexity index is 1710. The minimum absolute atomic E-state index is 0.133. The largest absolute Gasteiger partial charge is 0.465 e. The number of Topliss-reactive ketones (excluding diaryl/α,β-unsaturated/α-hetero) is 1. The summed E-state index contributed by atoms with van der Waals surface area (Å²) >= 11 is 7.11. The number of methoxy groups -OCH3 is 1. The maximum Gasteiger partial charge on any atom is 0.337 e.